The summed E-state index contributed by atoms with van der Waals surface area (Å²) in [5, 5.41) is 3.46. The Bertz CT molecular complexity index is 783. The molecule has 0 radical (unpaired) electrons. The topological polar surface area (TPSA) is 0 Å². The molecule has 1 fully saturated rings. The second kappa shape index (κ2) is 9.61. The first-order chi connectivity index (χ1) is 14.4. The summed E-state index contributed by atoms with van der Waals surface area (Å²) in [4.78, 5) is 0. The highest BCUT2D eigenvalue weighted by Gasteiger charge is 2.46. The molecule has 0 saturated heterocycles. The minimum atomic E-state index is -0.501. The van der Waals surface area contributed by atoms with Crippen molar-refractivity contribution < 1.29 is 4.39 Å². The van der Waals surface area contributed by atoms with Crippen LogP contribution in [0, 0.1) is 18.7 Å². The predicted octanol–water partition coefficient (Wildman–Crippen LogP) is 8.20. The number of rotatable bonds is 5. The van der Waals surface area contributed by atoms with E-state index in [-0.39, 0.29) is 13.7 Å². The van der Waals surface area contributed by atoms with Gasteiger partial charge in [-0.1, -0.05) is 105 Å². The smallest absolute Gasteiger partial charge is 0.123 e. The zero-order chi connectivity index (χ0) is 23.0. The van der Waals surface area contributed by atoms with Crippen molar-refractivity contribution in [3.05, 3.63) is 59.9 Å². The molecular formula is C28H41FP2. The van der Waals surface area contributed by atoms with Crippen molar-refractivity contribution in [3.8, 4) is 0 Å². The van der Waals surface area contributed by atoms with Crippen LogP contribution in [0.1, 0.15) is 73.3 Å². The quantitative estimate of drug-likeness (QED) is 0.396. The van der Waals surface area contributed by atoms with E-state index in [4.69, 9.17) is 0 Å². The maximum Gasteiger partial charge on any atom is 0.123 e. The van der Waals surface area contributed by atoms with E-state index in [1.54, 1.807) is 12.1 Å². The van der Waals surface area contributed by atoms with Crippen molar-refractivity contribution in [1.82, 2.24) is 0 Å². The van der Waals surface area contributed by atoms with Crippen LogP contribution < -0.4 is 10.6 Å². The molecule has 0 aliphatic heterocycles. The summed E-state index contributed by atoms with van der Waals surface area (Å²) in [5.74, 6) is 0.602. The standard InChI is InChI=1S/C28H41FP2/c1-20-12-16-23(17-13-20)30(24-18-14-22(29)15-19-24)26-11-9-10-25(26)21(2)31(27(3,4)5)28(6,7)8/h12-19,21,25-26H,9-11H2,1-8H3/t21-,25?,26+,30?/m1/s1. The van der Waals surface area contributed by atoms with Crippen LogP contribution in [0.4, 0.5) is 4.39 Å². The SMILES string of the molecule is Cc1ccc(P(c2ccc(F)cc2)[C@H]2CCCC2[C@@H](C)P(C(C)(C)C)C(C)(C)C)cc1. The highest BCUT2D eigenvalue weighted by molar-refractivity contribution is 7.73. The summed E-state index contributed by atoms with van der Waals surface area (Å²) in [5.41, 5.74) is 2.70. The van der Waals surface area contributed by atoms with Gasteiger partial charge in [-0.3, -0.25) is 0 Å². The van der Waals surface area contributed by atoms with Gasteiger partial charge in [0.25, 0.3) is 0 Å². The molecule has 0 heterocycles. The van der Waals surface area contributed by atoms with E-state index in [0.29, 0.717) is 16.0 Å². The van der Waals surface area contributed by atoms with Gasteiger partial charge in [-0.25, -0.2) is 4.39 Å². The van der Waals surface area contributed by atoms with Gasteiger partial charge in [0.05, 0.1) is 0 Å². The van der Waals surface area contributed by atoms with Crippen molar-refractivity contribution in [3.63, 3.8) is 0 Å². The normalized spacial score (nSPS) is 22.0. The molecule has 0 nitrogen and oxygen atoms in total. The zero-order valence-electron chi connectivity index (χ0n) is 20.7. The first-order valence-electron chi connectivity index (χ1n) is 11.8. The van der Waals surface area contributed by atoms with E-state index < -0.39 is 7.92 Å². The Morgan fingerprint density at radius 2 is 1.29 bits per heavy atom. The summed E-state index contributed by atoms with van der Waals surface area (Å²) >= 11 is 0. The van der Waals surface area contributed by atoms with Gasteiger partial charge >= 0.3 is 0 Å². The lowest BCUT2D eigenvalue weighted by Gasteiger charge is -2.49. The van der Waals surface area contributed by atoms with Gasteiger partial charge in [-0.2, -0.15) is 0 Å². The second-order valence-electron chi connectivity index (χ2n) is 11.3. The molecule has 4 atom stereocenters. The third-order valence-electron chi connectivity index (χ3n) is 6.75. The minimum Gasteiger partial charge on any atom is -0.207 e. The molecule has 0 bridgehead atoms. The first-order valence-corrected chi connectivity index (χ1v) is 14.6. The van der Waals surface area contributed by atoms with Crippen LogP contribution in [0.15, 0.2) is 48.5 Å². The molecule has 0 spiro atoms. The maximum atomic E-state index is 13.8. The lowest BCUT2D eigenvalue weighted by molar-refractivity contribution is 0.527. The third-order valence-corrected chi connectivity index (χ3v) is 13.9. The number of halogens is 1. The van der Waals surface area contributed by atoms with Gasteiger partial charge in [0, 0.05) is 0 Å². The fourth-order valence-electron chi connectivity index (χ4n) is 6.11. The van der Waals surface area contributed by atoms with Crippen LogP contribution in [0.5, 0.6) is 0 Å². The average molecular weight is 459 g/mol. The van der Waals surface area contributed by atoms with E-state index >= 15 is 0 Å². The second-order valence-corrected chi connectivity index (χ2v) is 18.0. The third kappa shape index (κ3) is 5.78. The number of aryl methyl sites for hydroxylation is 1. The highest BCUT2D eigenvalue weighted by Crippen LogP contribution is 2.67. The van der Waals surface area contributed by atoms with Crippen LogP contribution in [-0.4, -0.2) is 21.6 Å². The molecule has 0 aromatic heterocycles. The summed E-state index contributed by atoms with van der Waals surface area (Å²) < 4.78 is 13.8. The van der Waals surface area contributed by atoms with E-state index in [1.807, 2.05) is 0 Å². The van der Waals surface area contributed by atoms with E-state index in [9.17, 15) is 4.39 Å². The Labute approximate surface area is 192 Å². The number of hydrogen-bond acceptors (Lipinski definition) is 0. The largest absolute Gasteiger partial charge is 0.207 e. The molecule has 3 rings (SSSR count). The van der Waals surface area contributed by atoms with Crippen molar-refractivity contribution in [2.24, 2.45) is 5.92 Å². The summed E-state index contributed by atoms with van der Waals surface area (Å²) in [6.45, 7) is 19.4. The van der Waals surface area contributed by atoms with Gasteiger partial charge in [0.15, 0.2) is 0 Å². The molecule has 1 saturated carbocycles. The molecule has 3 heteroatoms. The fraction of sp³-hybridized carbons (Fsp3) is 0.571. The maximum absolute atomic E-state index is 13.8. The monoisotopic (exact) mass is 458 g/mol. The molecular weight excluding hydrogens is 417 g/mol. The summed E-state index contributed by atoms with van der Waals surface area (Å²) in [6.07, 6.45) is 3.95. The van der Waals surface area contributed by atoms with Crippen LogP contribution >= 0.6 is 15.8 Å². The molecule has 2 aromatic rings. The minimum absolute atomic E-state index is 0.136. The molecule has 0 N–H and O–H groups in total. The molecule has 170 valence electrons. The van der Waals surface area contributed by atoms with Gasteiger partial charge in [-0.05, 0) is 78.0 Å². The van der Waals surface area contributed by atoms with Gasteiger partial charge in [0.2, 0.25) is 0 Å². The Morgan fingerprint density at radius 3 is 1.77 bits per heavy atom. The number of hydrogen-bond donors (Lipinski definition) is 0. The molecule has 2 aromatic carbocycles. The molecule has 1 aliphatic rings. The van der Waals surface area contributed by atoms with E-state index in [1.165, 1.54) is 35.4 Å². The first kappa shape index (κ1) is 24.9. The van der Waals surface area contributed by atoms with Crippen LogP contribution in [-0.2, 0) is 0 Å². The van der Waals surface area contributed by atoms with E-state index in [2.05, 4.69) is 91.8 Å². The molecule has 1 aliphatic carbocycles. The van der Waals surface area contributed by atoms with Crippen molar-refractivity contribution >= 4 is 26.5 Å². The van der Waals surface area contributed by atoms with Gasteiger partial charge in [0.1, 0.15) is 5.82 Å². The Balaban J connectivity index is 2.03. The molecule has 2 unspecified atom stereocenters. The predicted molar refractivity (Wildman–Crippen MR) is 141 cm³/mol. The van der Waals surface area contributed by atoms with Crippen LogP contribution in [0.3, 0.4) is 0 Å². The van der Waals surface area contributed by atoms with Crippen molar-refractivity contribution in [2.45, 2.75) is 96.3 Å². The van der Waals surface area contributed by atoms with Gasteiger partial charge in [-0.15, -0.1) is 0 Å². The Morgan fingerprint density at radius 1 is 0.806 bits per heavy atom. The summed E-state index contributed by atoms with van der Waals surface area (Å²) in [7, 11) is -0.665. The lowest BCUT2D eigenvalue weighted by Crippen LogP contribution is -2.37. The highest BCUT2D eigenvalue weighted by atomic mass is 31.1. The Hall–Kier alpha value is -0.770. The zero-order valence-corrected chi connectivity index (χ0v) is 22.5. The lowest BCUT2D eigenvalue weighted by atomic mass is 10.0. The van der Waals surface area contributed by atoms with Gasteiger partial charge < -0.3 is 0 Å². The molecule has 31 heavy (non-hydrogen) atoms. The van der Waals surface area contributed by atoms with E-state index in [0.717, 1.165) is 11.6 Å². The van der Waals surface area contributed by atoms with Crippen molar-refractivity contribution in [2.75, 3.05) is 0 Å². The summed E-state index contributed by atoms with van der Waals surface area (Å²) in [6, 6.07) is 16.6. The number of benzene rings is 2. The Kier molecular flexibility index (Phi) is 7.71. The average Bonchev–Trinajstić information content (AvgIpc) is 3.12. The van der Waals surface area contributed by atoms with Crippen LogP contribution in [0.2, 0.25) is 0 Å². The van der Waals surface area contributed by atoms with Crippen molar-refractivity contribution in [1.29, 1.82) is 0 Å². The fourth-order valence-corrected chi connectivity index (χ4v) is 14.7. The van der Waals surface area contributed by atoms with Crippen LogP contribution in [0.25, 0.3) is 0 Å². The molecule has 0 amide bonds.